The minimum absolute atomic E-state index is 0.215. The number of Topliss-reactive ketones (excluding diaryl/α,β-unsaturated/α-hetero) is 1. The number of hydrogen-bond donors (Lipinski definition) is 1. The van der Waals surface area contributed by atoms with Crippen LogP contribution in [0.4, 0.5) is 0 Å². The number of benzene rings is 1. The number of hydrogen-bond acceptors (Lipinski definition) is 4. The molecule has 0 spiro atoms. The van der Waals surface area contributed by atoms with Gasteiger partial charge in [-0.1, -0.05) is 36.0 Å². The second-order valence-corrected chi connectivity index (χ2v) is 7.14. The van der Waals surface area contributed by atoms with Crippen LogP contribution >= 0.6 is 46.4 Å². The summed E-state index contributed by atoms with van der Waals surface area (Å²) < 4.78 is 6.18. The maximum absolute atomic E-state index is 12.8. The molecule has 2 heterocycles. The van der Waals surface area contributed by atoms with Crippen LogP contribution < -0.4 is 5.32 Å². The van der Waals surface area contributed by atoms with E-state index in [0.717, 1.165) is 5.56 Å². The lowest BCUT2D eigenvalue weighted by molar-refractivity contribution is -0.134. The maximum Gasteiger partial charge on any atom is 0.235 e. The predicted molar refractivity (Wildman–Crippen MR) is 98.6 cm³/mol. The molecule has 0 aliphatic carbocycles. The number of amides is 1. The molecule has 118 valence electrons. The molecule has 0 saturated carbocycles. The molecule has 1 aliphatic heterocycles. The Labute approximate surface area is 156 Å². The molecule has 0 bridgehead atoms. The van der Waals surface area contributed by atoms with Gasteiger partial charge in [-0.2, -0.15) is 0 Å². The Kier molecular flexibility index (Phi) is 4.84. The summed E-state index contributed by atoms with van der Waals surface area (Å²) in [6, 6.07) is 10.5. The van der Waals surface area contributed by atoms with Crippen molar-refractivity contribution < 1.29 is 14.0 Å². The lowest BCUT2D eigenvalue weighted by atomic mass is 9.81. The first-order chi connectivity index (χ1) is 11.0. The fourth-order valence-corrected chi connectivity index (χ4v) is 3.51. The van der Waals surface area contributed by atoms with Crippen molar-refractivity contribution in [2.45, 2.75) is 12.3 Å². The van der Waals surface area contributed by atoms with Crippen molar-refractivity contribution in [2.75, 3.05) is 0 Å². The summed E-state index contributed by atoms with van der Waals surface area (Å²) in [6.45, 7) is 0. The van der Waals surface area contributed by atoms with Crippen molar-refractivity contribution in [2.24, 2.45) is 5.92 Å². The smallest absolute Gasteiger partial charge is 0.235 e. The normalized spacial score (nSPS) is 21.4. The Balaban J connectivity index is 1.89. The van der Waals surface area contributed by atoms with Gasteiger partial charge in [-0.05, 0) is 52.4 Å². The number of furan rings is 1. The molecule has 2 aromatic rings. The summed E-state index contributed by atoms with van der Waals surface area (Å²) in [7, 11) is 0. The predicted octanol–water partition coefficient (Wildman–Crippen LogP) is 3.51. The lowest BCUT2D eigenvalue weighted by Crippen LogP contribution is -2.51. The molecular formula is C16H11ClINO3S. The van der Waals surface area contributed by atoms with Gasteiger partial charge in [0.25, 0.3) is 0 Å². The van der Waals surface area contributed by atoms with Gasteiger partial charge in [0.15, 0.2) is 9.55 Å². The standard InChI is InChI=1S/C16H11ClINO3S/c17-9-3-1-8(2-4-9)13-14(20)11(15(21)19-16(13)23)7-10-5-6-12(18)22-10/h1-6,11,13H,7H2,(H,19,21,23). The van der Waals surface area contributed by atoms with E-state index in [1.807, 2.05) is 22.6 Å². The molecular weight excluding hydrogens is 449 g/mol. The quantitative estimate of drug-likeness (QED) is 0.434. The van der Waals surface area contributed by atoms with E-state index >= 15 is 0 Å². The molecule has 23 heavy (non-hydrogen) atoms. The van der Waals surface area contributed by atoms with E-state index < -0.39 is 11.8 Å². The number of rotatable bonds is 3. The molecule has 2 atom stereocenters. The number of piperidine rings is 1. The Bertz CT molecular complexity index is 787. The fourth-order valence-electron chi connectivity index (χ4n) is 2.57. The molecule has 1 aliphatic rings. The zero-order chi connectivity index (χ0) is 16.6. The van der Waals surface area contributed by atoms with Crippen molar-refractivity contribution >= 4 is 63.1 Å². The highest BCUT2D eigenvalue weighted by molar-refractivity contribution is 14.1. The lowest BCUT2D eigenvalue weighted by Gasteiger charge is -2.28. The average Bonchev–Trinajstić information content (AvgIpc) is 2.91. The summed E-state index contributed by atoms with van der Waals surface area (Å²) in [6.07, 6.45) is 0.223. The van der Waals surface area contributed by atoms with Gasteiger partial charge in [0.05, 0.1) is 10.9 Å². The van der Waals surface area contributed by atoms with Gasteiger partial charge in [-0.3, -0.25) is 9.59 Å². The Morgan fingerprint density at radius 2 is 1.87 bits per heavy atom. The van der Waals surface area contributed by atoms with Crippen LogP contribution in [-0.2, 0) is 16.0 Å². The first-order valence-corrected chi connectivity index (χ1v) is 8.70. The van der Waals surface area contributed by atoms with Crippen LogP contribution in [0.25, 0.3) is 0 Å². The summed E-state index contributed by atoms with van der Waals surface area (Å²) in [5, 5.41) is 3.22. The minimum atomic E-state index is -0.815. The largest absolute Gasteiger partial charge is 0.455 e. The van der Waals surface area contributed by atoms with Crippen LogP contribution in [0, 0.1) is 9.68 Å². The van der Waals surface area contributed by atoms with E-state index in [2.05, 4.69) is 5.32 Å². The first kappa shape index (κ1) is 16.6. The van der Waals surface area contributed by atoms with E-state index in [-0.39, 0.29) is 23.1 Å². The zero-order valence-corrected chi connectivity index (χ0v) is 15.4. The van der Waals surface area contributed by atoms with Gasteiger partial charge in [-0.25, -0.2) is 0 Å². The maximum atomic E-state index is 12.8. The topological polar surface area (TPSA) is 59.3 Å². The van der Waals surface area contributed by atoms with Crippen LogP contribution in [-0.4, -0.2) is 16.7 Å². The van der Waals surface area contributed by atoms with Gasteiger partial charge in [0.1, 0.15) is 11.7 Å². The van der Waals surface area contributed by atoms with Crippen molar-refractivity contribution in [3.05, 3.63) is 56.5 Å². The third kappa shape index (κ3) is 3.49. The summed E-state index contributed by atoms with van der Waals surface area (Å²) in [4.78, 5) is 25.2. The van der Waals surface area contributed by atoms with Crippen LogP contribution in [0.1, 0.15) is 17.2 Å². The van der Waals surface area contributed by atoms with Crippen molar-refractivity contribution in [3.63, 3.8) is 0 Å². The number of carbonyl (C=O) groups excluding carboxylic acids is 2. The number of ketones is 1. The Morgan fingerprint density at radius 1 is 1.17 bits per heavy atom. The van der Waals surface area contributed by atoms with Gasteiger partial charge in [0.2, 0.25) is 5.91 Å². The number of thiocarbonyl (C=S) groups is 1. The van der Waals surface area contributed by atoms with E-state index in [0.29, 0.717) is 14.5 Å². The van der Waals surface area contributed by atoms with Crippen LogP contribution in [0.3, 0.4) is 0 Å². The minimum Gasteiger partial charge on any atom is -0.455 e. The second-order valence-electron chi connectivity index (χ2n) is 5.20. The molecule has 7 heteroatoms. The Hall–Kier alpha value is -1.25. The molecule has 1 fully saturated rings. The fraction of sp³-hybridized carbons (Fsp3) is 0.188. The highest BCUT2D eigenvalue weighted by Gasteiger charge is 2.41. The molecule has 1 aromatic heterocycles. The van der Waals surface area contributed by atoms with Crippen LogP contribution in [0.15, 0.2) is 40.8 Å². The highest BCUT2D eigenvalue weighted by Crippen LogP contribution is 2.29. The van der Waals surface area contributed by atoms with Crippen molar-refractivity contribution in [1.82, 2.24) is 5.32 Å². The first-order valence-electron chi connectivity index (χ1n) is 6.84. The molecule has 3 rings (SSSR count). The SMILES string of the molecule is O=C1NC(=S)C(c2ccc(Cl)cc2)C(=O)C1Cc1ccc(I)o1. The molecule has 1 amide bonds. The molecule has 4 nitrogen and oxygen atoms in total. The molecule has 1 saturated heterocycles. The third-order valence-corrected chi connectivity index (χ3v) is 4.86. The average molecular weight is 460 g/mol. The summed E-state index contributed by atoms with van der Waals surface area (Å²) in [5.41, 5.74) is 0.725. The third-order valence-electron chi connectivity index (χ3n) is 3.69. The summed E-state index contributed by atoms with van der Waals surface area (Å²) in [5.74, 6) is -1.45. The van der Waals surface area contributed by atoms with Gasteiger partial charge < -0.3 is 9.73 Å². The van der Waals surface area contributed by atoms with Crippen LogP contribution in [0.5, 0.6) is 0 Å². The highest BCUT2D eigenvalue weighted by atomic mass is 127. The monoisotopic (exact) mass is 459 g/mol. The van der Waals surface area contributed by atoms with E-state index in [4.69, 9.17) is 28.2 Å². The molecule has 0 radical (unpaired) electrons. The summed E-state index contributed by atoms with van der Waals surface area (Å²) >= 11 is 13.1. The van der Waals surface area contributed by atoms with Gasteiger partial charge >= 0.3 is 0 Å². The molecule has 2 unspecified atom stereocenters. The van der Waals surface area contributed by atoms with Crippen LogP contribution in [0.2, 0.25) is 5.02 Å². The Morgan fingerprint density at radius 3 is 2.48 bits per heavy atom. The van der Waals surface area contributed by atoms with E-state index in [1.165, 1.54) is 0 Å². The number of nitrogens with one attached hydrogen (secondary N) is 1. The molecule has 1 N–H and O–H groups in total. The van der Waals surface area contributed by atoms with Crippen molar-refractivity contribution in [3.8, 4) is 0 Å². The number of carbonyl (C=O) groups is 2. The van der Waals surface area contributed by atoms with Crippen molar-refractivity contribution in [1.29, 1.82) is 0 Å². The van der Waals surface area contributed by atoms with E-state index in [1.54, 1.807) is 36.4 Å². The molecule has 1 aromatic carbocycles. The van der Waals surface area contributed by atoms with Gasteiger partial charge in [0, 0.05) is 11.4 Å². The second kappa shape index (κ2) is 6.70. The number of halogens is 2. The van der Waals surface area contributed by atoms with Gasteiger partial charge in [-0.15, -0.1) is 0 Å². The zero-order valence-electron chi connectivity index (χ0n) is 11.7. The van der Waals surface area contributed by atoms with E-state index in [9.17, 15) is 9.59 Å².